The van der Waals surface area contributed by atoms with Crippen molar-refractivity contribution < 1.29 is 23.8 Å². The van der Waals surface area contributed by atoms with E-state index >= 15 is 0 Å². The first kappa shape index (κ1) is 23.4. The summed E-state index contributed by atoms with van der Waals surface area (Å²) < 4.78 is 18.0. The van der Waals surface area contributed by atoms with Crippen LogP contribution in [0.2, 0.25) is 0 Å². The van der Waals surface area contributed by atoms with Gasteiger partial charge in [-0.1, -0.05) is 36.4 Å². The fourth-order valence-electron chi connectivity index (χ4n) is 3.38. The lowest BCUT2D eigenvalue weighted by molar-refractivity contribution is -0.117. The standard InChI is InChI=1S/C26H23BrN2O5/c1-2-32-23-17-18(15-21-25(30)28-29(26(21)31)19-9-5-3-6-10-19)16-22(27)24(23)34-14-13-33-20-11-7-4-8-12-20/h3-12,15-17H,2,13-14H2,1H3,(H,28,30)/b21-15-. The molecule has 0 radical (unpaired) electrons. The van der Waals surface area contributed by atoms with E-state index in [1.807, 2.05) is 43.3 Å². The maximum absolute atomic E-state index is 12.9. The van der Waals surface area contributed by atoms with Crippen LogP contribution in [-0.4, -0.2) is 31.6 Å². The van der Waals surface area contributed by atoms with Crippen molar-refractivity contribution in [3.05, 3.63) is 88.4 Å². The Morgan fingerprint density at radius 2 is 1.59 bits per heavy atom. The molecule has 1 fully saturated rings. The number of hydrogen-bond donors (Lipinski definition) is 1. The molecule has 3 aromatic rings. The minimum atomic E-state index is -0.471. The molecule has 1 saturated heterocycles. The van der Waals surface area contributed by atoms with E-state index in [0.717, 1.165) is 5.75 Å². The molecule has 7 nitrogen and oxygen atoms in total. The van der Waals surface area contributed by atoms with Crippen LogP contribution in [0.3, 0.4) is 0 Å². The van der Waals surface area contributed by atoms with Gasteiger partial charge in [0.05, 0.1) is 16.8 Å². The SMILES string of the molecule is CCOc1cc(/C=C2/C(=O)NN(c3ccccc3)C2=O)cc(Br)c1OCCOc1ccccc1. The molecule has 34 heavy (non-hydrogen) atoms. The highest BCUT2D eigenvalue weighted by Gasteiger charge is 2.34. The van der Waals surface area contributed by atoms with Gasteiger partial charge in [0.25, 0.3) is 11.8 Å². The average Bonchev–Trinajstić information content (AvgIpc) is 3.13. The van der Waals surface area contributed by atoms with Crippen LogP contribution in [0.5, 0.6) is 17.2 Å². The lowest BCUT2D eigenvalue weighted by Crippen LogP contribution is -2.35. The van der Waals surface area contributed by atoms with Gasteiger partial charge in [0.2, 0.25) is 0 Å². The van der Waals surface area contributed by atoms with Gasteiger partial charge < -0.3 is 14.2 Å². The number of para-hydroxylation sites is 2. The summed E-state index contributed by atoms with van der Waals surface area (Å²) in [4.78, 5) is 25.4. The van der Waals surface area contributed by atoms with E-state index in [4.69, 9.17) is 14.2 Å². The van der Waals surface area contributed by atoms with Crippen molar-refractivity contribution in [2.75, 3.05) is 24.8 Å². The molecule has 8 heteroatoms. The topological polar surface area (TPSA) is 77.1 Å². The Balaban J connectivity index is 1.51. The number of hydrogen-bond acceptors (Lipinski definition) is 5. The minimum Gasteiger partial charge on any atom is -0.490 e. The molecule has 0 aromatic heterocycles. The van der Waals surface area contributed by atoms with Crippen LogP contribution in [0.25, 0.3) is 6.08 Å². The molecule has 1 heterocycles. The molecule has 0 spiro atoms. The summed E-state index contributed by atoms with van der Waals surface area (Å²) in [6.07, 6.45) is 1.54. The monoisotopic (exact) mass is 522 g/mol. The van der Waals surface area contributed by atoms with Gasteiger partial charge in [0.15, 0.2) is 11.5 Å². The van der Waals surface area contributed by atoms with Crippen molar-refractivity contribution in [3.8, 4) is 17.2 Å². The van der Waals surface area contributed by atoms with Crippen LogP contribution in [-0.2, 0) is 9.59 Å². The Morgan fingerprint density at radius 1 is 0.912 bits per heavy atom. The van der Waals surface area contributed by atoms with E-state index < -0.39 is 11.8 Å². The van der Waals surface area contributed by atoms with E-state index in [-0.39, 0.29) is 5.57 Å². The Kier molecular flexibility index (Phi) is 7.49. The smallest absolute Gasteiger partial charge is 0.282 e. The number of rotatable bonds is 9. The quantitative estimate of drug-likeness (QED) is 0.249. The van der Waals surface area contributed by atoms with Gasteiger partial charge in [-0.25, -0.2) is 5.01 Å². The number of benzene rings is 3. The normalized spacial score (nSPS) is 14.3. The van der Waals surface area contributed by atoms with Crippen molar-refractivity contribution in [1.82, 2.24) is 5.43 Å². The average molecular weight is 523 g/mol. The molecule has 0 bridgehead atoms. The predicted octanol–water partition coefficient (Wildman–Crippen LogP) is 4.77. The molecule has 0 atom stereocenters. The molecule has 1 N–H and O–H groups in total. The molecule has 3 aromatic carbocycles. The number of anilines is 1. The molecule has 0 unspecified atom stereocenters. The van der Waals surface area contributed by atoms with Crippen molar-refractivity contribution in [3.63, 3.8) is 0 Å². The first-order valence-corrected chi connectivity index (χ1v) is 11.5. The van der Waals surface area contributed by atoms with E-state index in [9.17, 15) is 9.59 Å². The highest BCUT2D eigenvalue weighted by molar-refractivity contribution is 9.10. The highest BCUT2D eigenvalue weighted by Crippen LogP contribution is 2.38. The summed E-state index contributed by atoms with van der Waals surface area (Å²) >= 11 is 3.52. The van der Waals surface area contributed by atoms with Gasteiger partial charge in [-0.2, -0.15) is 0 Å². The number of nitrogens with one attached hydrogen (secondary N) is 1. The fourth-order valence-corrected chi connectivity index (χ4v) is 3.95. The Bertz CT molecular complexity index is 1200. The maximum atomic E-state index is 12.9. The summed E-state index contributed by atoms with van der Waals surface area (Å²) in [6, 6.07) is 21.9. The molecular formula is C26H23BrN2O5. The van der Waals surface area contributed by atoms with Gasteiger partial charge in [-0.15, -0.1) is 0 Å². The van der Waals surface area contributed by atoms with Crippen LogP contribution < -0.4 is 24.6 Å². The van der Waals surface area contributed by atoms with Gasteiger partial charge in [-0.3, -0.25) is 15.0 Å². The van der Waals surface area contributed by atoms with Gasteiger partial charge >= 0.3 is 0 Å². The first-order valence-electron chi connectivity index (χ1n) is 10.8. The van der Waals surface area contributed by atoms with Gasteiger partial charge in [-0.05, 0) is 70.9 Å². The molecule has 0 saturated carbocycles. The lowest BCUT2D eigenvalue weighted by Gasteiger charge is -2.15. The number of hydrazine groups is 1. The summed E-state index contributed by atoms with van der Waals surface area (Å²) in [5, 5.41) is 1.23. The fraction of sp³-hybridized carbons (Fsp3) is 0.154. The molecule has 0 aliphatic carbocycles. The summed E-state index contributed by atoms with van der Waals surface area (Å²) in [5.74, 6) is 0.884. The third-order valence-electron chi connectivity index (χ3n) is 4.89. The maximum Gasteiger partial charge on any atom is 0.282 e. The van der Waals surface area contributed by atoms with Crippen LogP contribution in [0.1, 0.15) is 12.5 Å². The van der Waals surface area contributed by atoms with Gasteiger partial charge in [0.1, 0.15) is 24.5 Å². The molecular weight excluding hydrogens is 500 g/mol. The van der Waals surface area contributed by atoms with Crippen LogP contribution in [0.4, 0.5) is 5.69 Å². The summed E-state index contributed by atoms with van der Waals surface area (Å²) in [6.45, 7) is 2.95. The number of carbonyl (C=O) groups is 2. The third kappa shape index (κ3) is 5.40. The first-order chi connectivity index (χ1) is 16.6. The zero-order valence-corrected chi connectivity index (χ0v) is 20.1. The second kappa shape index (κ2) is 10.9. The zero-order chi connectivity index (χ0) is 23.9. The van der Waals surface area contributed by atoms with Crippen LogP contribution >= 0.6 is 15.9 Å². The number of carbonyl (C=O) groups excluding carboxylic acids is 2. The molecule has 1 aliphatic rings. The number of ether oxygens (including phenoxy) is 3. The van der Waals surface area contributed by atoms with E-state index in [2.05, 4.69) is 21.4 Å². The summed E-state index contributed by atoms with van der Waals surface area (Å²) in [7, 11) is 0. The third-order valence-corrected chi connectivity index (χ3v) is 5.48. The largest absolute Gasteiger partial charge is 0.490 e. The van der Waals surface area contributed by atoms with Gasteiger partial charge in [0, 0.05) is 0 Å². The van der Waals surface area contributed by atoms with E-state index in [0.29, 0.717) is 47.0 Å². The minimum absolute atomic E-state index is 0.0307. The summed E-state index contributed by atoms with van der Waals surface area (Å²) in [5.41, 5.74) is 3.84. The number of amides is 2. The van der Waals surface area contributed by atoms with Crippen molar-refractivity contribution in [2.24, 2.45) is 0 Å². The predicted molar refractivity (Wildman–Crippen MR) is 133 cm³/mol. The Morgan fingerprint density at radius 3 is 2.29 bits per heavy atom. The second-order valence-corrected chi connectivity index (χ2v) is 8.10. The van der Waals surface area contributed by atoms with E-state index in [1.54, 1.807) is 36.4 Å². The Labute approximate surface area is 206 Å². The Hall–Kier alpha value is -3.78. The zero-order valence-electron chi connectivity index (χ0n) is 18.5. The van der Waals surface area contributed by atoms with Crippen LogP contribution in [0.15, 0.2) is 82.8 Å². The number of nitrogens with zero attached hydrogens (tertiary/aromatic N) is 1. The molecule has 174 valence electrons. The second-order valence-electron chi connectivity index (χ2n) is 7.25. The van der Waals surface area contributed by atoms with Crippen molar-refractivity contribution >= 4 is 39.5 Å². The van der Waals surface area contributed by atoms with Crippen molar-refractivity contribution in [2.45, 2.75) is 6.92 Å². The van der Waals surface area contributed by atoms with E-state index in [1.165, 1.54) is 11.1 Å². The molecule has 2 amide bonds. The highest BCUT2D eigenvalue weighted by atomic mass is 79.9. The molecule has 1 aliphatic heterocycles. The van der Waals surface area contributed by atoms with Crippen LogP contribution in [0, 0.1) is 0 Å². The molecule has 4 rings (SSSR count). The number of halogens is 1. The van der Waals surface area contributed by atoms with Crippen molar-refractivity contribution in [1.29, 1.82) is 0 Å². The lowest BCUT2D eigenvalue weighted by atomic mass is 10.1.